The molecule has 3 heterocycles. The van der Waals surface area contributed by atoms with E-state index in [2.05, 4.69) is 15.0 Å². The lowest BCUT2D eigenvalue weighted by molar-refractivity contribution is 0.385. The summed E-state index contributed by atoms with van der Waals surface area (Å²) in [5.74, 6) is 0.535. The second kappa shape index (κ2) is 6.62. The molecule has 0 aliphatic carbocycles. The zero-order chi connectivity index (χ0) is 17.3. The molecule has 0 saturated carbocycles. The Morgan fingerprint density at radius 2 is 1.83 bits per heavy atom. The van der Waals surface area contributed by atoms with Crippen LogP contribution in [0.4, 0.5) is 5.95 Å². The highest BCUT2D eigenvalue weighted by atomic mass is 35.5. The lowest BCUT2D eigenvalue weighted by Gasteiger charge is -2.33. The molecule has 7 nitrogen and oxygen atoms in total. The van der Waals surface area contributed by atoms with Crippen LogP contribution in [0.15, 0.2) is 24.5 Å². The number of aromatic nitrogens is 3. The SMILES string of the molecule is Cc1cccnc1-c1nc(N2CCN(S(C)(=O)=O)CC2)ncc1Cl. The number of aryl methyl sites for hydroxylation is 1. The first-order valence-electron chi connectivity index (χ1n) is 7.51. The second-order valence-corrected chi connectivity index (χ2v) is 8.07. The van der Waals surface area contributed by atoms with Crippen molar-refractivity contribution >= 4 is 27.6 Å². The maximum atomic E-state index is 11.6. The van der Waals surface area contributed by atoms with Crippen LogP contribution in [0.3, 0.4) is 0 Å². The number of nitrogens with zero attached hydrogens (tertiary/aromatic N) is 5. The first-order chi connectivity index (χ1) is 11.4. The topological polar surface area (TPSA) is 79.3 Å². The second-order valence-electron chi connectivity index (χ2n) is 5.68. The summed E-state index contributed by atoms with van der Waals surface area (Å²) in [7, 11) is -3.16. The van der Waals surface area contributed by atoms with Crippen molar-refractivity contribution in [1.82, 2.24) is 19.3 Å². The van der Waals surface area contributed by atoms with Gasteiger partial charge in [0, 0.05) is 32.4 Å². The van der Waals surface area contributed by atoms with Gasteiger partial charge in [-0.05, 0) is 18.6 Å². The molecule has 1 fully saturated rings. The fourth-order valence-electron chi connectivity index (χ4n) is 2.63. The maximum absolute atomic E-state index is 11.6. The van der Waals surface area contributed by atoms with E-state index in [9.17, 15) is 8.42 Å². The van der Waals surface area contributed by atoms with Gasteiger partial charge in [-0.1, -0.05) is 17.7 Å². The number of sulfonamides is 1. The summed E-state index contributed by atoms with van der Waals surface area (Å²) < 4.78 is 24.7. The summed E-state index contributed by atoms with van der Waals surface area (Å²) in [4.78, 5) is 15.2. The van der Waals surface area contributed by atoms with E-state index in [4.69, 9.17) is 11.6 Å². The van der Waals surface area contributed by atoms with E-state index in [-0.39, 0.29) is 0 Å². The lowest BCUT2D eigenvalue weighted by Crippen LogP contribution is -2.48. The first-order valence-corrected chi connectivity index (χ1v) is 9.73. The van der Waals surface area contributed by atoms with Crippen LogP contribution in [-0.4, -0.2) is 60.1 Å². The van der Waals surface area contributed by atoms with Gasteiger partial charge in [0.15, 0.2) is 0 Å². The van der Waals surface area contributed by atoms with Gasteiger partial charge in [0.2, 0.25) is 16.0 Å². The summed E-state index contributed by atoms with van der Waals surface area (Å²) >= 11 is 6.25. The zero-order valence-corrected chi connectivity index (χ0v) is 15.0. The average molecular weight is 368 g/mol. The number of hydrogen-bond acceptors (Lipinski definition) is 6. The van der Waals surface area contributed by atoms with Crippen molar-refractivity contribution in [2.45, 2.75) is 6.92 Å². The fraction of sp³-hybridized carbons (Fsp3) is 0.400. The van der Waals surface area contributed by atoms with E-state index in [1.54, 1.807) is 12.4 Å². The molecule has 9 heteroatoms. The van der Waals surface area contributed by atoms with E-state index < -0.39 is 10.0 Å². The average Bonchev–Trinajstić information content (AvgIpc) is 2.55. The van der Waals surface area contributed by atoms with Gasteiger partial charge in [-0.15, -0.1) is 0 Å². The molecule has 1 saturated heterocycles. The third-order valence-electron chi connectivity index (χ3n) is 3.96. The molecule has 0 atom stereocenters. The molecule has 2 aromatic rings. The fourth-order valence-corrected chi connectivity index (χ4v) is 3.64. The monoisotopic (exact) mass is 367 g/mol. The summed E-state index contributed by atoms with van der Waals surface area (Å²) in [6, 6.07) is 3.81. The van der Waals surface area contributed by atoms with E-state index in [0.29, 0.717) is 42.8 Å². The highest BCUT2D eigenvalue weighted by Crippen LogP contribution is 2.28. The molecule has 0 unspecified atom stereocenters. The van der Waals surface area contributed by atoms with E-state index in [1.165, 1.54) is 10.6 Å². The Balaban J connectivity index is 1.87. The number of halogens is 1. The molecule has 0 N–H and O–H groups in total. The largest absolute Gasteiger partial charge is 0.338 e. The van der Waals surface area contributed by atoms with Gasteiger partial charge in [-0.3, -0.25) is 4.98 Å². The van der Waals surface area contributed by atoms with Crippen molar-refractivity contribution in [2.24, 2.45) is 0 Å². The Morgan fingerprint density at radius 1 is 1.12 bits per heavy atom. The standard InChI is InChI=1S/C15H18ClN5O2S/c1-11-4-3-5-17-13(11)14-12(16)10-18-15(19-14)20-6-8-21(9-7-20)24(2,22)23/h3-5,10H,6-9H2,1-2H3. The predicted molar refractivity (Wildman–Crippen MR) is 93.6 cm³/mol. The van der Waals surface area contributed by atoms with Gasteiger partial charge < -0.3 is 4.90 Å². The molecule has 3 rings (SSSR count). The van der Waals surface area contributed by atoms with Gasteiger partial charge in [0.05, 0.1) is 23.2 Å². The summed E-state index contributed by atoms with van der Waals surface area (Å²) in [5.41, 5.74) is 2.29. The molecule has 0 bridgehead atoms. The van der Waals surface area contributed by atoms with Crippen LogP contribution in [0.2, 0.25) is 5.02 Å². The molecule has 2 aromatic heterocycles. The number of rotatable bonds is 3. The number of hydrogen-bond donors (Lipinski definition) is 0. The normalized spacial score (nSPS) is 16.4. The Kier molecular flexibility index (Phi) is 4.71. The third kappa shape index (κ3) is 3.50. The smallest absolute Gasteiger partial charge is 0.226 e. The van der Waals surface area contributed by atoms with Crippen LogP contribution in [0.25, 0.3) is 11.4 Å². The zero-order valence-electron chi connectivity index (χ0n) is 13.5. The van der Waals surface area contributed by atoms with Gasteiger partial charge in [-0.2, -0.15) is 4.31 Å². The van der Waals surface area contributed by atoms with Crippen LogP contribution < -0.4 is 4.90 Å². The van der Waals surface area contributed by atoms with Crippen molar-refractivity contribution < 1.29 is 8.42 Å². The van der Waals surface area contributed by atoms with Crippen LogP contribution in [-0.2, 0) is 10.0 Å². The quantitative estimate of drug-likeness (QED) is 0.819. The molecule has 24 heavy (non-hydrogen) atoms. The van der Waals surface area contributed by atoms with E-state index >= 15 is 0 Å². The van der Waals surface area contributed by atoms with Crippen molar-refractivity contribution in [2.75, 3.05) is 37.3 Å². The molecule has 128 valence electrons. The van der Waals surface area contributed by atoms with Crippen LogP contribution in [0.1, 0.15) is 5.56 Å². The van der Waals surface area contributed by atoms with E-state index in [0.717, 1.165) is 11.3 Å². The first kappa shape index (κ1) is 17.1. The van der Waals surface area contributed by atoms with Gasteiger partial charge in [-0.25, -0.2) is 18.4 Å². The van der Waals surface area contributed by atoms with Crippen molar-refractivity contribution in [3.8, 4) is 11.4 Å². The highest BCUT2D eigenvalue weighted by Gasteiger charge is 2.25. The van der Waals surface area contributed by atoms with Crippen LogP contribution >= 0.6 is 11.6 Å². The molecule has 0 radical (unpaired) electrons. The summed E-state index contributed by atoms with van der Waals surface area (Å²) in [6.45, 7) is 3.86. The van der Waals surface area contributed by atoms with Gasteiger partial charge in [0.25, 0.3) is 0 Å². The molecule has 0 aromatic carbocycles. The summed E-state index contributed by atoms with van der Waals surface area (Å²) in [5, 5.41) is 0.440. The molecule has 1 aliphatic rings. The van der Waals surface area contributed by atoms with Crippen molar-refractivity contribution in [3.63, 3.8) is 0 Å². The lowest BCUT2D eigenvalue weighted by atomic mass is 10.1. The number of piperazine rings is 1. The third-order valence-corrected chi connectivity index (χ3v) is 5.54. The number of anilines is 1. The number of pyridine rings is 1. The minimum absolute atomic E-state index is 0.419. The Hall–Kier alpha value is -1.77. The Bertz CT molecular complexity index is 851. The molecule has 0 spiro atoms. The van der Waals surface area contributed by atoms with Crippen LogP contribution in [0, 0.1) is 6.92 Å². The molecular weight excluding hydrogens is 350 g/mol. The minimum atomic E-state index is -3.16. The predicted octanol–water partition coefficient (Wildman–Crippen LogP) is 1.58. The Labute approximate surface area is 146 Å². The van der Waals surface area contributed by atoms with Gasteiger partial charge >= 0.3 is 0 Å². The van der Waals surface area contributed by atoms with Crippen LogP contribution in [0.5, 0.6) is 0 Å². The van der Waals surface area contributed by atoms with E-state index in [1.807, 2.05) is 24.0 Å². The Morgan fingerprint density at radius 3 is 2.46 bits per heavy atom. The minimum Gasteiger partial charge on any atom is -0.338 e. The summed E-state index contributed by atoms with van der Waals surface area (Å²) in [6.07, 6.45) is 4.49. The maximum Gasteiger partial charge on any atom is 0.226 e. The van der Waals surface area contributed by atoms with Crippen molar-refractivity contribution in [3.05, 3.63) is 35.1 Å². The molecule has 1 aliphatic heterocycles. The van der Waals surface area contributed by atoms with Gasteiger partial charge in [0.1, 0.15) is 5.69 Å². The molecule has 0 amide bonds. The highest BCUT2D eigenvalue weighted by molar-refractivity contribution is 7.88. The molecular formula is C15H18ClN5O2S. The van der Waals surface area contributed by atoms with Crippen molar-refractivity contribution in [1.29, 1.82) is 0 Å².